The topological polar surface area (TPSA) is 55.8 Å². The van der Waals surface area contributed by atoms with Crippen LogP contribution in [-0.2, 0) is 14.3 Å². The zero-order valence-corrected chi connectivity index (χ0v) is 36.2. The highest BCUT2D eigenvalue weighted by Crippen LogP contribution is 2.13. The van der Waals surface area contributed by atoms with E-state index < -0.39 is 6.10 Å². The minimum absolute atomic E-state index is 0.181. The van der Waals surface area contributed by atoms with E-state index in [4.69, 9.17) is 9.47 Å². The summed E-state index contributed by atoms with van der Waals surface area (Å²) in [6.07, 6.45) is 66.5. The van der Waals surface area contributed by atoms with Crippen LogP contribution in [0.15, 0.2) is 85.1 Å². The summed E-state index contributed by atoms with van der Waals surface area (Å²) in [4.78, 5) is 12.2. The Morgan fingerprint density at radius 2 is 0.818 bits per heavy atom. The molecule has 0 rings (SSSR count). The number of hydrogen-bond acceptors (Lipinski definition) is 4. The third kappa shape index (κ3) is 45.9. The van der Waals surface area contributed by atoms with Crippen molar-refractivity contribution < 1.29 is 19.4 Å². The molecule has 4 nitrogen and oxygen atoms in total. The largest absolute Gasteiger partial charge is 0.457 e. The maximum Gasteiger partial charge on any atom is 0.306 e. The summed E-state index contributed by atoms with van der Waals surface area (Å²) in [6.45, 7) is 5.19. The fourth-order valence-electron chi connectivity index (χ4n) is 6.27. The predicted octanol–water partition coefficient (Wildman–Crippen LogP) is 15.5. The van der Waals surface area contributed by atoms with Crippen LogP contribution in [0.3, 0.4) is 0 Å². The van der Waals surface area contributed by atoms with Crippen molar-refractivity contribution in [2.24, 2.45) is 0 Å². The smallest absolute Gasteiger partial charge is 0.306 e. The normalized spacial score (nSPS) is 13.1. The van der Waals surface area contributed by atoms with E-state index in [0.29, 0.717) is 13.0 Å². The second-order valence-corrected chi connectivity index (χ2v) is 15.1. The van der Waals surface area contributed by atoms with Crippen LogP contribution in [0.2, 0.25) is 0 Å². The minimum atomic E-state index is -0.547. The quantitative estimate of drug-likeness (QED) is 0.0382. The molecule has 0 saturated heterocycles. The summed E-state index contributed by atoms with van der Waals surface area (Å²) < 4.78 is 11.2. The van der Waals surface area contributed by atoms with Gasteiger partial charge in [0.05, 0.1) is 13.2 Å². The van der Waals surface area contributed by atoms with E-state index in [0.717, 1.165) is 57.8 Å². The summed E-state index contributed by atoms with van der Waals surface area (Å²) in [7, 11) is 0. The molecule has 1 unspecified atom stereocenters. The molecule has 0 aliphatic carbocycles. The Hall–Kier alpha value is -2.43. The Morgan fingerprint density at radius 3 is 1.24 bits per heavy atom. The van der Waals surface area contributed by atoms with E-state index in [1.54, 1.807) is 0 Å². The van der Waals surface area contributed by atoms with E-state index >= 15 is 0 Å². The number of ether oxygens (including phenoxy) is 2. The van der Waals surface area contributed by atoms with E-state index in [1.807, 2.05) is 0 Å². The number of allylic oxidation sites excluding steroid dienone is 14. The van der Waals surface area contributed by atoms with Crippen LogP contribution < -0.4 is 0 Å². The van der Waals surface area contributed by atoms with Crippen LogP contribution in [0.5, 0.6) is 0 Å². The monoisotopic (exact) mass is 765 g/mol. The average Bonchev–Trinajstić information content (AvgIpc) is 3.19. The molecule has 0 aliphatic heterocycles. The number of unbranched alkanes of at least 4 members (excludes halogenated alkanes) is 20. The van der Waals surface area contributed by atoms with Gasteiger partial charge in [0.2, 0.25) is 0 Å². The highest BCUT2D eigenvalue weighted by Gasteiger charge is 2.13. The van der Waals surface area contributed by atoms with Gasteiger partial charge in [0.25, 0.3) is 0 Å². The van der Waals surface area contributed by atoms with Gasteiger partial charge >= 0.3 is 5.97 Å². The molecule has 0 fully saturated rings. The second kappa shape index (κ2) is 47.7. The Bertz CT molecular complexity index is 985. The summed E-state index contributed by atoms with van der Waals surface area (Å²) in [5.41, 5.74) is 0. The van der Waals surface area contributed by atoms with Crippen LogP contribution in [0.4, 0.5) is 0 Å². The zero-order valence-electron chi connectivity index (χ0n) is 36.2. The fourth-order valence-corrected chi connectivity index (χ4v) is 6.27. The van der Waals surface area contributed by atoms with E-state index in [-0.39, 0.29) is 19.2 Å². The second-order valence-electron chi connectivity index (χ2n) is 15.1. The van der Waals surface area contributed by atoms with E-state index in [1.165, 1.54) is 128 Å². The third-order valence-corrected chi connectivity index (χ3v) is 9.70. The maximum absolute atomic E-state index is 12.2. The van der Waals surface area contributed by atoms with Crippen molar-refractivity contribution >= 4 is 5.97 Å². The number of rotatable bonds is 42. The van der Waals surface area contributed by atoms with Gasteiger partial charge in [0.15, 0.2) is 0 Å². The molecular weight excluding hydrogens is 677 g/mol. The van der Waals surface area contributed by atoms with Crippen LogP contribution >= 0.6 is 0 Å². The van der Waals surface area contributed by atoms with Crippen molar-refractivity contribution in [1.29, 1.82) is 0 Å². The van der Waals surface area contributed by atoms with Gasteiger partial charge in [0, 0.05) is 13.0 Å². The first-order chi connectivity index (χ1) is 27.2. The number of esters is 1. The van der Waals surface area contributed by atoms with Crippen molar-refractivity contribution in [3.8, 4) is 0 Å². The summed E-state index contributed by atoms with van der Waals surface area (Å²) >= 11 is 0. The molecule has 0 aromatic heterocycles. The van der Waals surface area contributed by atoms with E-state index in [2.05, 4.69) is 98.9 Å². The minimum Gasteiger partial charge on any atom is -0.457 e. The molecule has 0 spiro atoms. The lowest BCUT2D eigenvalue weighted by Crippen LogP contribution is -2.27. The van der Waals surface area contributed by atoms with Crippen LogP contribution in [0, 0.1) is 0 Å². The summed E-state index contributed by atoms with van der Waals surface area (Å²) in [5.74, 6) is -0.211. The lowest BCUT2D eigenvalue weighted by atomic mass is 10.1. The van der Waals surface area contributed by atoms with Gasteiger partial charge in [-0.15, -0.1) is 0 Å². The SMILES string of the molecule is CC/C=C\C/C=C\C/C=C\C/C=C\C/C=C\CCCCCCCCCCOCC(CO)OC(=O)CCCCCCCCCCC/C=C\C/C=C\CCCCC. The molecule has 0 aromatic rings. The Kier molecular flexibility index (Phi) is 45.6. The Morgan fingerprint density at radius 1 is 0.455 bits per heavy atom. The molecule has 1 N–H and O–H groups in total. The van der Waals surface area contributed by atoms with Gasteiger partial charge in [-0.3, -0.25) is 4.79 Å². The molecule has 0 bridgehead atoms. The molecule has 0 radical (unpaired) electrons. The highest BCUT2D eigenvalue weighted by atomic mass is 16.6. The maximum atomic E-state index is 12.2. The lowest BCUT2D eigenvalue weighted by Gasteiger charge is -2.16. The number of hydrogen-bond donors (Lipinski definition) is 1. The first-order valence-corrected chi connectivity index (χ1v) is 23.2. The van der Waals surface area contributed by atoms with Gasteiger partial charge < -0.3 is 14.6 Å². The number of aliphatic hydroxyl groups excluding tert-OH is 1. The zero-order chi connectivity index (χ0) is 39.8. The van der Waals surface area contributed by atoms with Crippen LogP contribution in [0.1, 0.15) is 206 Å². The Balaban J connectivity index is 3.48. The standard InChI is InChI=1S/C51H88O4/c1-3-5-7-9-11-13-15-17-19-21-23-24-25-26-27-29-31-33-35-37-39-41-43-45-47-54-49-50(48-52)55-51(53)46-44-42-40-38-36-34-32-30-28-22-20-18-16-14-12-10-8-6-4-2/h5,7,11-14,17-20,23-24,26-27,50,52H,3-4,6,8-10,15-16,21-22,25,28-49H2,1-2H3/b7-5-,13-11-,14-12-,19-17-,20-18-,24-23-,27-26-. The van der Waals surface area contributed by atoms with Crippen molar-refractivity contribution in [2.75, 3.05) is 19.8 Å². The molecule has 316 valence electrons. The van der Waals surface area contributed by atoms with Gasteiger partial charge in [-0.2, -0.15) is 0 Å². The first kappa shape index (κ1) is 52.6. The van der Waals surface area contributed by atoms with Gasteiger partial charge in [-0.25, -0.2) is 0 Å². The average molecular weight is 765 g/mol. The lowest BCUT2D eigenvalue weighted by molar-refractivity contribution is -0.154. The molecule has 1 atom stereocenters. The van der Waals surface area contributed by atoms with Crippen LogP contribution in [0.25, 0.3) is 0 Å². The third-order valence-electron chi connectivity index (χ3n) is 9.70. The molecule has 55 heavy (non-hydrogen) atoms. The van der Waals surface area contributed by atoms with Crippen molar-refractivity contribution in [2.45, 2.75) is 213 Å². The van der Waals surface area contributed by atoms with Crippen molar-refractivity contribution in [1.82, 2.24) is 0 Å². The number of aliphatic hydroxyl groups is 1. The summed E-state index contributed by atoms with van der Waals surface area (Å²) in [5, 5.41) is 9.63. The molecule has 0 aromatic carbocycles. The number of carbonyl (C=O) groups is 1. The van der Waals surface area contributed by atoms with Crippen LogP contribution in [-0.4, -0.2) is 37.0 Å². The van der Waals surface area contributed by atoms with Crippen molar-refractivity contribution in [3.63, 3.8) is 0 Å². The Labute approximate surface area is 341 Å². The molecule has 0 amide bonds. The summed E-state index contributed by atoms with van der Waals surface area (Å²) in [6, 6.07) is 0. The first-order valence-electron chi connectivity index (χ1n) is 23.2. The molecule has 0 aliphatic rings. The number of carbonyl (C=O) groups excluding carboxylic acids is 1. The van der Waals surface area contributed by atoms with Gasteiger partial charge in [0.1, 0.15) is 6.10 Å². The highest BCUT2D eigenvalue weighted by molar-refractivity contribution is 5.69. The molecule has 4 heteroatoms. The fraction of sp³-hybridized carbons (Fsp3) is 0.706. The molecule has 0 heterocycles. The van der Waals surface area contributed by atoms with Crippen molar-refractivity contribution in [3.05, 3.63) is 85.1 Å². The molecular formula is C51H88O4. The van der Waals surface area contributed by atoms with Gasteiger partial charge in [-0.05, 0) is 89.9 Å². The van der Waals surface area contributed by atoms with Gasteiger partial charge in [-0.1, -0.05) is 195 Å². The van der Waals surface area contributed by atoms with E-state index in [9.17, 15) is 9.90 Å². The molecule has 0 saturated carbocycles. The predicted molar refractivity (Wildman–Crippen MR) is 242 cm³/mol.